The molecule has 1 nitrogen and oxygen atoms in total. The highest BCUT2D eigenvalue weighted by molar-refractivity contribution is 5.77. The minimum absolute atomic E-state index is 0.0753. The van der Waals surface area contributed by atoms with Crippen molar-refractivity contribution in [1.29, 1.82) is 0 Å². The normalized spacial score (nSPS) is 11.8. The van der Waals surface area contributed by atoms with E-state index in [9.17, 15) is 4.79 Å². The molecule has 0 aromatic heterocycles. The first-order chi connectivity index (χ1) is 6.65. The fourth-order valence-corrected chi connectivity index (χ4v) is 1.52. The maximum Gasteiger partial charge on any atom is 0.131 e. The van der Waals surface area contributed by atoms with E-state index in [0.717, 1.165) is 11.1 Å². The van der Waals surface area contributed by atoms with Crippen LogP contribution in [0.15, 0.2) is 24.3 Å². The average Bonchev–Trinajstić information content (AvgIpc) is 2.15. The molecule has 0 spiro atoms. The van der Waals surface area contributed by atoms with Crippen molar-refractivity contribution in [1.82, 2.24) is 0 Å². The molecular formula is C13H14O. The molecule has 1 aromatic carbocycles. The molecule has 0 amide bonds. The summed E-state index contributed by atoms with van der Waals surface area (Å²) in [5.74, 6) is 2.73. The number of aryl methyl sites for hydroxylation is 1. The van der Waals surface area contributed by atoms with Crippen LogP contribution < -0.4 is 0 Å². The summed E-state index contributed by atoms with van der Waals surface area (Å²) in [5, 5.41) is 0. The zero-order valence-corrected chi connectivity index (χ0v) is 8.58. The molecule has 1 atom stereocenters. The van der Waals surface area contributed by atoms with Gasteiger partial charge in [-0.05, 0) is 25.0 Å². The monoisotopic (exact) mass is 186 g/mol. The largest absolute Gasteiger partial charge is 0.300 e. The Morgan fingerprint density at radius 1 is 1.50 bits per heavy atom. The summed E-state index contributed by atoms with van der Waals surface area (Å²) in [6, 6.07) is 7.93. The van der Waals surface area contributed by atoms with Crippen molar-refractivity contribution in [3.05, 3.63) is 35.4 Å². The van der Waals surface area contributed by atoms with Gasteiger partial charge in [0.05, 0.1) is 5.92 Å². The Kier molecular flexibility index (Phi) is 3.48. The van der Waals surface area contributed by atoms with Gasteiger partial charge in [-0.25, -0.2) is 0 Å². The molecule has 0 aliphatic heterocycles. The van der Waals surface area contributed by atoms with Gasteiger partial charge in [-0.3, -0.25) is 4.79 Å². The lowest BCUT2D eigenvalue weighted by Gasteiger charge is -2.11. The van der Waals surface area contributed by atoms with Crippen LogP contribution in [0, 0.1) is 19.3 Å². The first kappa shape index (κ1) is 10.5. The maximum absolute atomic E-state index is 11.0. The number of hydrogen-bond donors (Lipinski definition) is 0. The Labute approximate surface area is 85.1 Å². The summed E-state index contributed by atoms with van der Waals surface area (Å²) in [6.45, 7) is 3.59. The smallest absolute Gasteiger partial charge is 0.131 e. The van der Waals surface area contributed by atoms with E-state index >= 15 is 0 Å². The van der Waals surface area contributed by atoms with Crippen LogP contribution in [0.4, 0.5) is 0 Å². The fourth-order valence-electron chi connectivity index (χ4n) is 1.52. The van der Waals surface area contributed by atoms with Gasteiger partial charge in [-0.2, -0.15) is 0 Å². The first-order valence-corrected chi connectivity index (χ1v) is 4.66. The van der Waals surface area contributed by atoms with E-state index in [1.165, 1.54) is 0 Å². The lowest BCUT2D eigenvalue weighted by molar-refractivity contribution is -0.117. The molecule has 1 unspecified atom stereocenters. The minimum atomic E-state index is -0.0753. The number of terminal acetylenes is 1. The molecule has 1 heteroatoms. The van der Waals surface area contributed by atoms with Crippen LogP contribution in [0.5, 0.6) is 0 Å². The number of carbonyl (C=O) groups is 1. The summed E-state index contributed by atoms with van der Waals surface area (Å²) in [5.41, 5.74) is 2.24. The molecule has 0 bridgehead atoms. The molecule has 1 aromatic rings. The second-order valence-corrected chi connectivity index (χ2v) is 3.48. The van der Waals surface area contributed by atoms with Crippen molar-refractivity contribution >= 4 is 5.78 Å². The topological polar surface area (TPSA) is 17.1 Å². The van der Waals surface area contributed by atoms with Gasteiger partial charge in [0, 0.05) is 6.42 Å². The molecule has 0 saturated carbocycles. The van der Waals surface area contributed by atoms with Gasteiger partial charge in [-0.1, -0.05) is 30.2 Å². The maximum atomic E-state index is 11.0. The Morgan fingerprint density at radius 3 is 2.64 bits per heavy atom. The summed E-state index contributed by atoms with van der Waals surface area (Å²) in [6.07, 6.45) is 5.85. The summed E-state index contributed by atoms with van der Waals surface area (Å²) < 4.78 is 0. The zero-order chi connectivity index (χ0) is 10.6. The lowest BCUT2D eigenvalue weighted by atomic mass is 9.91. The SMILES string of the molecule is C#CC(CC(C)=O)c1ccccc1C. The van der Waals surface area contributed by atoms with Crippen LogP contribution in [-0.4, -0.2) is 5.78 Å². The van der Waals surface area contributed by atoms with E-state index < -0.39 is 0 Å². The highest BCUT2D eigenvalue weighted by Gasteiger charge is 2.12. The Bertz CT molecular complexity index is 371. The highest BCUT2D eigenvalue weighted by atomic mass is 16.1. The summed E-state index contributed by atoms with van der Waals surface area (Å²) in [7, 11) is 0. The number of benzene rings is 1. The molecule has 0 aliphatic carbocycles. The van der Waals surface area contributed by atoms with Crippen LogP contribution >= 0.6 is 0 Å². The molecular weight excluding hydrogens is 172 g/mol. The van der Waals surface area contributed by atoms with Crippen molar-refractivity contribution in [3.63, 3.8) is 0 Å². The molecule has 72 valence electrons. The van der Waals surface area contributed by atoms with E-state index in [-0.39, 0.29) is 11.7 Å². The fraction of sp³-hybridized carbons (Fsp3) is 0.308. The number of Topliss-reactive ketones (excluding diaryl/α,β-unsaturated/α-hetero) is 1. The third-order valence-electron chi connectivity index (χ3n) is 2.26. The van der Waals surface area contributed by atoms with Crippen LogP contribution in [0.3, 0.4) is 0 Å². The number of ketones is 1. The predicted octanol–water partition coefficient (Wildman–Crippen LogP) is 2.69. The molecule has 0 aliphatic rings. The molecule has 0 saturated heterocycles. The molecule has 0 N–H and O–H groups in total. The van der Waals surface area contributed by atoms with Crippen molar-refractivity contribution in [2.75, 3.05) is 0 Å². The van der Waals surface area contributed by atoms with E-state index in [0.29, 0.717) is 6.42 Å². The van der Waals surface area contributed by atoms with Crippen molar-refractivity contribution in [2.24, 2.45) is 0 Å². The van der Waals surface area contributed by atoms with Crippen molar-refractivity contribution in [2.45, 2.75) is 26.2 Å². The number of rotatable bonds is 3. The van der Waals surface area contributed by atoms with Gasteiger partial charge >= 0.3 is 0 Å². The minimum Gasteiger partial charge on any atom is -0.300 e. The van der Waals surface area contributed by atoms with Gasteiger partial charge in [0.25, 0.3) is 0 Å². The lowest BCUT2D eigenvalue weighted by Crippen LogP contribution is -2.03. The van der Waals surface area contributed by atoms with Crippen LogP contribution in [-0.2, 0) is 4.79 Å². The molecule has 0 heterocycles. The quantitative estimate of drug-likeness (QED) is 0.663. The number of hydrogen-bond acceptors (Lipinski definition) is 1. The summed E-state index contributed by atoms with van der Waals surface area (Å²) in [4.78, 5) is 11.0. The van der Waals surface area contributed by atoms with E-state index in [4.69, 9.17) is 6.42 Å². The Balaban J connectivity index is 2.96. The second-order valence-electron chi connectivity index (χ2n) is 3.48. The van der Waals surface area contributed by atoms with Crippen LogP contribution in [0.1, 0.15) is 30.4 Å². The van der Waals surface area contributed by atoms with Crippen molar-refractivity contribution in [3.8, 4) is 12.3 Å². The van der Waals surface area contributed by atoms with Gasteiger partial charge < -0.3 is 0 Å². The predicted molar refractivity (Wildman–Crippen MR) is 58.1 cm³/mol. The third-order valence-corrected chi connectivity index (χ3v) is 2.26. The molecule has 0 fully saturated rings. The average molecular weight is 186 g/mol. The number of carbonyl (C=O) groups excluding carboxylic acids is 1. The van der Waals surface area contributed by atoms with Gasteiger partial charge in [0.1, 0.15) is 5.78 Å². The Morgan fingerprint density at radius 2 is 2.14 bits per heavy atom. The highest BCUT2D eigenvalue weighted by Crippen LogP contribution is 2.22. The van der Waals surface area contributed by atoms with Gasteiger partial charge in [0.15, 0.2) is 0 Å². The van der Waals surface area contributed by atoms with Gasteiger partial charge in [0.2, 0.25) is 0 Å². The van der Waals surface area contributed by atoms with Gasteiger partial charge in [-0.15, -0.1) is 6.42 Å². The Hall–Kier alpha value is -1.55. The van der Waals surface area contributed by atoms with Crippen LogP contribution in [0.25, 0.3) is 0 Å². The second kappa shape index (κ2) is 4.62. The van der Waals surface area contributed by atoms with E-state index in [1.54, 1.807) is 6.92 Å². The zero-order valence-electron chi connectivity index (χ0n) is 8.58. The van der Waals surface area contributed by atoms with Crippen LogP contribution in [0.2, 0.25) is 0 Å². The third kappa shape index (κ3) is 2.47. The standard InChI is InChI=1S/C13H14O/c1-4-12(9-11(3)14)13-8-6-5-7-10(13)2/h1,5-8,12H,9H2,2-3H3. The van der Waals surface area contributed by atoms with E-state index in [1.807, 2.05) is 31.2 Å². The molecule has 0 radical (unpaired) electrons. The summed E-state index contributed by atoms with van der Waals surface area (Å²) >= 11 is 0. The van der Waals surface area contributed by atoms with E-state index in [2.05, 4.69) is 5.92 Å². The molecule has 14 heavy (non-hydrogen) atoms. The van der Waals surface area contributed by atoms with Crippen molar-refractivity contribution < 1.29 is 4.79 Å². The molecule has 1 rings (SSSR count). The first-order valence-electron chi connectivity index (χ1n) is 4.66.